The van der Waals surface area contributed by atoms with Crippen LogP contribution in [0.4, 0.5) is 9.18 Å². The van der Waals surface area contributed by atoms with Crippen LogP contribution < -0.4 is 5.56 Å². The number of ether oxygens (including phenoxy) is 2. The molecule has 0 bridgehead atoms. The number of aryl methyl sites for hydroxylation is 1. The lowest BCUT2D eigenvalue weighted by molar-refractivity contribution is 0.0242. The van der Waals surface area contributed by atoms with E-state index in [1.807, 2.05) is 33.8 Å². The number of hydrogen-bond acceptors (Lipinski definition) is 6. The second-order valence-electron chi connectivity index (χ2n) is 10.4. The van der Waals surface area contributed by atoms with Crippen LogP contribution in [0.5, 0.6) is 0 Å². The van der Waals surface area contributed by atoms with Gasteiger partial charge in [-0.2, -0.15) is 0 Å². The summed E-state index contributed by atoms with van der Waals surface area (Å²) in [6.07, 6.45) is 2.73. The van der Waals surface area contributed by atoms with E-state index >= 15 is 4.39 Å². The summed E-state index contributed by atoms with van der Waals surface area (Å²) in [7, 11) is 0. The zero-order valence-corrected chi connectivity index (χ0v) is 21.9. The number of hydrogen-bond donors (Lipinski definition) is 0. The van der Waals surface area contributed by atoms with Crippen LogP contribution in [0.25, 0.3) is 16.0 Å². The molecule has 0 aromatic carbocycles. The molecule has 1 aliphatic heterocycles. The standard InChI is InChI=1S/C27H29FN2O5S/c1-6-34-25(32)18-10-17(15-7-8-15)23-14(2)22(19(28)12-30(23)24(18)31)20-9-16-11-29(13-21(16)36-20)26(33)35-27(3,4)5/h9-10,12,15H,6-8,11,13H2,1-5H3. The summed E-state index contributed by atoms with van der Waals surface area (Å²) in [5, 5.41) is 0. The average Bonchev–Trinajstić information content (AvgIpc) is 3.43. The number of rotatable bonds is 4. The highest BCUT2D eigenvalue weighted by molar-refractivity contribution is 7.15. The Labute approximate surface area is 212 Å². The Balaban J connectivity index is 1.56. The number of esters is 1. The lowest BCUT2D eigenvalue weighted by Crippen LogP contribution is -2.33. The van der Waals surface area contributed by atoms with E-state index in [1.165, 1.54) is 21.9 Å². The molecule has 0 unspecified atom stereocenters. The van der Waals surface area contributed by atoms with Gasteiger partial charge < -0.3 is 9.47 Å². The molecule has 3 aromatic rings. The molecule has 0 atom stereocenters. The monoisotopic (exact) mass is 512 g/mol. The van der Waals surface area contributed by atoms with Crippen molar-refractivity contribution in [2.75, 3.05) is 6.61 Å². The lowest BCUT2D eigenvalue weighted by atomic mass is 9.99. The molecule has 190 valence electrons. The number of pyridine rings is 2. The molecule has 3 aromatic heterocycles. The maximum atomic E-state index is 15.6. The zero-order valence-electron chi connectivity index (χ0n) is 21.1. The summed E-state index contributed by atoms with van der Waals surface area (Å²) in [6.45, 7) is 9.97. The number of carbonyl (C=O) groups excluding carboxylic acids is 2. The van der Waals surface area contributed by atoms with E-state index in [9.17, 15) is 14.4 Å². The van der Waals surface area contributed by atoms with Crippen LogP contribution in [0, 0.1) is 12.7 Å². The first kappa shape index (κ1) is 24.5. The van der Waals surface area contributed by atoms with E-state index in [0.29, 0.717) is 29.7 Å². The van der Waals surface area contributed by atoms with Gasteiger partial charge in [-0.15, -0.1) is 11.3 Å². The Hall–Kier alpha value is -3.20. The number of carbonyl (C=O) groups is 2. The van der Waals surface area contributed by atoms with Crippen LogP contribution in [0.1, 0.15) is 78.4 Å². The molecular formula is C27H29FN2O5S. The SMILES string of the molecule is CCOC(=O)c1cc(C2CC2)c2c(C)c(-c3cc4c(s3)CN(C(=O)OC(C)(C)C)C4)c(F)cn2c1=O. The van der Waals surface area contributed by atoms with Gasteiger partial charge in [0.1, 0.15) is 17.0 Å². The highest BCUT2D eigenvalue weighted by Crippen LogP contribution is 2.45. The largest absolute Gasteiger partial charge is 0.462 e. The second kappa shape index (κ2) is 8.73. The summed E-state index contributed by atoms with van der Waals surface area (Å²) >= 11 is 1.45. The number of nitrogens with zero attached hydrogens (tertiary/aromatic N) is 2. The Morgan fingerprint density at radius 1 is 1.19 bits per heavy atom. The van der Waals surface area contributed by atoms with Crippen molar-refractivity contribution in [1.82, 2.24) is 9.30 Å². The third kappa shape index (κ3) is 4.30. The first-order valence-electron chi connectivity index (χ1n) is 12.1. The number of thiophene rings is 1. The topological polar surface area (TPSA) is 77.3 Å². The molecule has 0 spiro atoms. The van der Waals surface area contributed by atoms with Gasteiger partial charge in [0.05, 0.1) is 25.2 Å². The maximum absolute atomic E-state index is 15.6. The Bertz CT molecular complexity index is 1440. The van der Waals surface area contributed by atoms with Crippen molar-refractivity contribution in [3.63, 3.8) is 0 Å². The van der Waals surface area contributed by atoms with Crippen molar-refractivity contribution in [3.8, 4) is 10.4 Å². The molecule has 0 saturated heterocycles. The summed E-state index contributed by atoms with van der Waals surface area (Å²) in [5.41, 5.74) is 2.37. The van der Waals surface area contributed by atoms with Gasteiger partial charge in [0.2, 0.25) is 0 Å². The van der Waals surface area contributed by atoms with E-state index in [-0.39, 0.29) is 24.2 Å². The predicted molar refractivity (Wildman–Crippen MR) is 135 cm³/mol. The average molecular weight is 513 g/mol. The number of amides is 1. The fraction of sp³-hybridized carbons (Fsp3) is 0.444. The fourth-order valence-corrected chi connectivity index (χ4v) is 6.06. The number of fused-ring (bicyclic) bond motifs is 2. The van der Waals surface area contributed by atoms with E-state index < -0.39 is 22.9 Å². The van der Waals surface area contributed by atoms with Crippen molar-refractivity contribution < 1.29 is 23.5 Å². The van der Waals surface area contributed by atoms with E-state index in [2.05, 4.69) is 0 Å². The minimum atomic E-state index is -0.690. The lowest BCUT2D eigenvalue weighted by Gasteiger charge is -2.24. The summed E-state index contributed by atoms with van der Waals surface area (Å²) in [5.74, 6) is -1.000. The minimum absolute atomic E-state index is 0.0693. The van der Waals surface area contributed by atoms with Crippen LogP contribution in [0.2, 0.25) is 0 Å². The van der Waals surface area contributed by atoms with Crippen molar-refractivity contribution in [1.29, 1.82) is 0 Å². The second-order valence-corrected chi connectivity index (χ2v) is 11.5. The Kier molecular flexibility index (Phi) is 5.94. The molecular weight excluding hydrogens is 483 g/mol. The molecule has 5 rings (SSSR count). The molecule has 7 nitrogen and oxygen atoms in total. The third-order valence-corrected chi connectivity index (χ3v) is 7.66. The highest BCUT2D eigenvalue weighted by atomic mass is 32.1. The van der Waals surface area contributed by atoms with Crippen molar-refractivity contribution in [3.05, 3.63) is 61.6 Å². The van der Waals surface area contributed by atoms with E-state index in [1.54, 1.807) is 17.9 Å². The summed E-state index contributed by atoms with van der Waals surface area (Å²) in [6, 6.07) is 3.56. The molecule has 9 heteroatoms. The molecule has 0 N–H and O–H groups in total. The van der Waals surface area contributed by atoms with Gasteiger partial charge in [-0.05, 0) is 82.2 Å². The van der Waals surface area contributed by atoms with Crippen molar-refractivity contribution in [2.24, 2.45) is 0 Å². The highest BCUT2D eigenvalue weighted by Gasteiger charge is 2.33. The van der Waals surface area contributed by atoms with Gasteiger partial charge in [-0.25, -0.2) is 14.0 Å². The zero-order chi connectivity index (χ0) is 25.9. The third-order valence-electron chi connectivity index (χ3n) is 6.48. The Morgan fingerprint density at radius 3 is 2.53 bits per heavy atom. The van der Waals surface area contributed by atoms with E-state index in [4.69, 9.17) is 9.47 Å². The Morgan fingerprint density at radius 2 is 1.92 bits per heavy atom. The smallest absolute Gasteiger partial charge is 0.410 e. The first-order valence-corrected chi connectivity index (χ1v) is 13.0. The van der Waals surface area contributed by atoms with Crippen LogP contribution in [0.15, 0.2) is 23.1 Å². The van der Waals surface area contributed by atoms with Crippen molar-refractivity contribution in [2.45, 2.75) is 72.1 Å². The predicted octanol–water partition coefficient (Wildman–Crippen LogP) is 5.78. The van der Waals surface area contributed by atoms with Crippen LogP contribution in [0.3, 0.4) is 0 Å². The summed E-state index contributed by atoms with van der Waals surface area (Å²) in [4.78, 5) is 41.4. The van der Waals surface area contributed by atoms with Crippen molar-refractivity contribution >= 4 is 28.9 Å². The first-order chi connectivity index (χ1) is 17.0. The molecule has 4 heterocycles. The number of halogens is 1. The van der Waals surface area contributed by atoms with Gasteiger partial charge >= 0.3 is 12.1 Å². The van der Waals surface area contributed by atoms with Gasteiger partial charge in [0.15, 0.2) is 0 Å². The molecule has 0 radical (unpaired) electrons. The van der Waals surface area contributed by atoms with Gasteiger partial charge in [-0.1, -0.05) is 0 Å². The van der Waals surface area contributed by atoms with Crippen LogP contribution >= 0.6 is 11.3 Å². The normalized spacial score (nSPS) is 15.3. The number of aromatic nitrogens is 1. The molecule has 1 saturated carbocycles. The molecule has 36 heavy (non-hydrogen) atoms. The quantitative estimate of drug-likeness (QED) is 0.414. The van der Waals surface area contributed by atoms with Gasteiger partial charge in [-0.3, -0.25) is 14.1 Å². The van der Waals surface area contributed by atoms with Crippen LogP contribution in [-0.4, -0.2) is 33.6 Å². The molecule has 2 aliphatic rings. The maximum Gasteiger partial charge on any atom is 0.410 e. The molecule has 1 fully saturated rings. The fourth-order valence-electron chi connectivity index (χ4n) is 4.76. The minimum Gasteiger partial charge on any atom is -0.462 e. The van der Waals surface area contributed by atoms with E-state index in [0.717, 1.165) is 33.7 Å². The summed E-state index contributed by atoms with van der Waals surface area (Å²) < 4.78 is 27.4. The van der Waals surface area contributed by atoms with Crippen LogP contribution in [-0.2, 0) is 22.6 Å². The molecule has 1 amide bonds. The van der Waals surface area contributed by atoms with Gasteiger partial charge in [0.25, 0.3) is 5.56 Å². The van der Waals surface area contributed by atoms with Gasteiger partial charge in [0, 0.05) is 21.5 Å². The molecule has 1 aliphatic carbocycles.